The van der Waals surface area contributed by atoms with E-state index >= 15 is 0 Å². The number of unbranched alkanes of at least 4 members (excludes halogenated alkanes) is 1. The minimum atomic E-state index is 0.612. The van der Waals surface area contributed by atoms with Gasteiger partial charge in [0.05, 0.1) is 0 Å². The molecule has 0 aromatic rings. The van der Waals surface area contributed by atoms with Crippen LogP contribution in [0.2, 0.25) is 0 Å². The van der Waals surface area contributed by atoms with Gasteiger partial charge < -0.3 is 10.5 Å². The van der Waals surface area contributed by atoms with Crippen LogP contribution in [0.1, 0.15) is 19.8 Å². The standard InChI is InChI=1S/C7H15N3O/c1-3-4-5-9-7(8-2)6-10-11/h6,11H,3-5H2,1-2H3,(H,8,9). The second-order valence-corrected chi connectivity index (χ2v) is 2.13. The molecule has 0 radical (unpaired) electrons. The van der Waals surface area contributed by atoms with E-state index in [1.54, 1.807) is 7.05 Å². The SMILES string of the molecule is CCCCNC(C=NO)=NC. The van der Waals surface area contributed by atoms with Crippen molar-refractivity contribution in [1.29, 1.82) is 0 Å². The molecule has 0 aliphatic heterocycles. The van der Waals surface area contributed by atoms with E-state index in [1.165, 1.54) is 6.21 Å². The summed E-state index contributed by atoms with van der Waals surface area (Å²) in [6, 6.07) is 0. The highest BCUT2D eigenvalue weighted by atomic mass is 16.4. The minimum Gasteiger partial charge on any atom is -0.411 e. The lowest BCUT2D eigenvalue weighted by molar-refractivity contribution is 0.322. The molecule has 0 saturated heterocycles. The van der Waals surface area contributed by atoms with Gasteiger partial charge in [0.1, 0.15) is 12.1 Å². The zero-order chi connectivity index (χ0) is 8.53. The third-order valence-corrected chi connectivity index (χ3v) is 1.26. The highest BCUT2D eigenvalue weighted by Gasteiger charge is 1.90. The first-order valence-electron chi connectivity index (χ1n) is 3.73. The predicted octanol–water partition coefficient (Wildman–Crippen LogP) is 0.864. The Labute approximate surface area is 67.0 Å². The van der Waals surface area contributed by atoms with Gasteiger partial charge in [-0.1, -0.05) is 18.5 Å². The molecule has 0 unspecified atom stereocenters. The van der Waals surface area contributed by atoms with Gasteiger partial charge in [-0.2, -0.15) is 0 Å². The first-order valence-corrected chi connectivity index (χ1v) is 3.73. The summed E-state index contributed by atoms with van der Waals surface area (Å²) in [4.78, 5) is 3.85. The van der Waals surface area contributed by atoms with Crippen LogP contribution in [-0.2, 0) is 0 Å². The van der Waals surface area contributed by atoms with E-state index in [-0.39, 0.29) is 0 Å². The van der Waals surface area contributed by atoms with Crippen LogP contribution >= 0.6 is 0 Å². The molecule has 0 aliphatic carbocycles. The fraction of sp³-hybridized carbons (Fsp3) is 0.714. The number of hydrogen-bond acceptors (Lipinski definition) is 3. The monoisotopic (exact) mass is 157 g/mol. The Morgan fingerprint density at radius 2 is 2.36 bits per heavy atom. The van der Waals surface area contributed by atoms with Crippen LogP contribution in [0, 0.1) is 0 Å². The molecule has 0 rings (SSSR count). The Kier molecular flexibility index (Phi) is 6.37. The largest absolute Gasteiger partial charge is 0.411 e. The average molecular weight is 157 g/mol. The summed E-state index contributed by atoms with van der Waals surface area (Å²) in [7, 11) is 1.65. The molecule has 0 bridgehead atoms. The second kappa shape index (κ2) is 7.05. The van der Waals surface area contributed by atoms with Crippen molar-refractivity contribution in [3.63, 3.8) is 0 Å². The lowest BCUT2D eigenvalue weighted by atomic mass is 10.3. The zero-order valence-corrected chi connectivity index (χ0v) is 7.04. The molecule has 4 heteroatoms. The highest BCUT2D eigenvalue weighted by molar-refractivity contribution is 6.29. The number of rotatable bonds is 4. The lowest BCUT2D eigenvalue weighted by Crippen LogP contribution is -2.25. The average Bonchev–Trinajstić information content (AvgIpc) is 2.03. The van der Waals surface area contributed by atoms with E-state index in [9.17, 15) is 0 Å². The Bertz CT molecular complexity index is 143. The molecule has 0 heterocycles. The van der Waals surface area contributed by atoms with E-state index in [0.717, 1.165) is 19.4 Å². The number of amidine groups is 1. The van der Waals surface area contributed by atoms with Gasteiger partial charge in [-0.3, -0.25) is 4.99 Å². The number of hydrogen-bond donors (Lipinski definition) is 2. The number of nitrogens with zero attached hydrogens (tertiary/aromatic N) is 2. The van der Waals surface area contributed by atoms with Gasteiger partial charge in [0, 0.05) is 13.6 Å². The molecule has 0 saturated carbocycles. The zero-order valence-electron chi connectivity index (χ0n) is 7.04. The fourth-order valence-corrected chi connectivity index (χ4v) is 0.630. The van der Waals surface area contributed by atoms with E-state index in [4.69, 9.17) is 5.21 Å². The molecule has 0 atom stereocenters. The van der Waals surface area contributed by atoms with Crippen LogP contribution in [0.15, 0.2) is 10.1 Å². The molecule has 0 aromatic carbocycles. The maximum atomic E-state index is 8.17. The van der Waals surface area contributed by atoms with Crippen molar-refractivity contribution in [1.82, 2.24) is 5.32 Å². The summed E-state index contributed by atoms with van der Waals surface area (Å²) in [6.07, 6.45) is 3.52. The van der Waals surface area contributed by atoms with Crippen molar-refractivity contribution in [2.45, 2.75) is 19.8 Å². The quantitative estimate of drug-likeness (QED) is 0.209. The predicted molar refractivity (Wildman–Crippen MR) is 46.5 cm³/mol. The van der Waals surface area contributed by atoms with Crippen LogP contribution in [-0.4, -0.2) is 30.8 Å². The summed E-state index contributed by atoms with van der Waals surface area (Å²) < 4.78 is 0. The Morgan fingerprint density at radius 3 is 2.82 bits per heavy atom. The van der Waals surface area contributed by atoms with Crippen molar-refractivity contribution in [3.05, 3.63) is 0 Å². The van der Waals surface area contributed by atoms with Gasteiger partial charge in [-0.15, -0.1) is 0 Å². The molecule has 0 spiro atoms. The molecule has 64 valence electrons. The molecule has 0 amide bonds. The van der Waals surface area contributed by atoms with Gasteiger partial charge in [0.25, 0.3) is 0 Å². The Hall–Kier alpha value is -1.06. The van der Waals surface area contributed by atoms with E-state index in [0.29, 0.717) is 5.84 Å². The van der Waals surface area contributed by atoms with Gasteiger partial charge >= 0.3 is 0 Å². The molecule has 0 fully saturated rings. The molecule has 4 nitrogen and oxygen atoms in total. The first kappa shape index (κ1) is 9.94. The number of aliphatic imine (C=N–C) groups is 1. The fourth-order valence-electron chi connectivity index (χ4n) is 0.630. The maximum Gasteiger partial charge on any atom is 0.142 e. The van der Waals surface area contributed by atoms with Crippen molar-refractivity contribution >= 4 is 12.1 Å². The minimum absolute atomic E-state index is 0.612. The van der Waals surface area contributed by atoms with Gasteiger partial charge in [0.15, 0.2) is 0 Å². The number of oxime groups is 1. The lowest BCUT2D eigenvalue weighted by Gasteiger charge is -2.01. The molecule has 0 aliphatic rings. The normalized spacial score (nSPS) is 12.4. The first-order chi connectivity index (χ1) is 5.35. The smallest absolute Gasteiger partial charge is 0.142 e. The summed E-state index contributed by atoms with van der Waals surface area (Å²) in [5, 5.41) is 14.1. The summed E-state index contributed by atoms with van der Waals surface area (Å²) in [5.74, 6) is 0.612. The van der Waals surface area contributed by atoms with Gasteiger partial charge in [-0.05, 0) is 6.42 Å². The Balaban J connectivity index is 3.54. The topological polar surface area (TPSA) is 57.0 Å². The van der Waals surface area contributed by atoms with Crippen molar-refractivity contribution in [2.75, 3.05) is 13.6 Å². The van der Waals surface area contributed by atoms with E-state index < -0.39 is 0 Å². The van der Waals surface area contributed by atoms with Crippen molar-refractivity contribution in [3.8, 4) is 0 Å². The molecule has 0 aromatic heterocycles. The number of nitrogens with one attached hydrogen (secondary N) is 1. The van der Waals surface area contributed by atoms with Gasteiger partial charge in [-0.25, -0.2) is 0 Å². The van der Waals surface area contributed by atoms with E-state index in [1.807, 2.05) is 0 Å². The third-order valence-electron chi connectivity index (χ3n) is 1.26. The maximum absolute atomic E-state index is 8.17. The molecular weight excluding hydrogens is 142 g/mol. The van der Waals surface area contributed by atoms with Crippen LogP contribution in [0.3, 0.4) is 0 Å². The molecule has 11 heavy (non-hydrogen) atoms. The molecule has 2 N–H and O–H groups in total. The van der Waals surface area contributed by atoms with Gasteiger partial charge in [0.2, 0.25) is 0 Å². The molecular formula is C7H15N3O. The third kappa shape index (κ3) is 5.39. The second-order valence-electron chi connectivity index (χ2n) is 2.13. The summed E-state index contributed by atoms with van der Waals surface area (Å²) in [5.41, 5.74) is 0. The highest BCUT2D eigenvalue weighted by Crippen LogP contribution is 1.82. The van der Waals surface area contributed by atoms with Crippen LogP contribution < -0.4 is 5.32 Å². The van der Waals surface area contributed by atoms with Crippen LogP contribution in [0.4, 0.5) is 0 Å². The van der Waals surface area contributed by atoms with Crippen molar-refractivity contribution in [2.24, 2.45) is 10.1 Å². The summed E-state index contributed by atoms with van der Waals surface area (Å²) in [6.45, 7) is 2.99. The van der Waals surface area contributed by atoms with Crippen LogP contribution in [0.25, 0.3) is 0 Å². The Morgan fingerprint density at radius 1 is 1.64 bits per heavy atom. The van der Waals surface area contributed by atoms with Crippen molar-refractivity contribution < 1.29 is 5.21 Å². The van der Waals surface area contributed by atoms with E-state index in [2.05, 4.69) is 22.4 Å². The van der Waals surface area contributed by atoms with Crippen LogP contribution in [0.5, 0.6) is 0 Å². The summed E-state index contributed by atoms with van der Waals surface area (Å²) >= 11 is 0.